The Morgan fingerprint density at radius 2 is 1.59 bits per heavy atom. The molecule has 1 heterocycles. The van der Waals surface area contributed by atoms with E-state index in [2.05, 4.69) is 41.4 Å². The molecule has 0 spiro atoms. The fourth-order valence-corrected chi connectivity index (χ4v) is 7.36. The average molecular weight is 438 g/mol. The first-order valence-electron chi connectivity index (χ1n) is 12.8. The Morgan fingerprint density at radius 1 is 0.969 bits per heavy atom. The molecule has 4 saturated carbocycles. The van der Waals surface area contributed by atoms with Crippen LogP contribution in [-0.2, 0) is 16.1 Å². The largest absolute Gasteiger partial charge is 0.356 e. The first-order valence-corrected chi connectivity index (χ1v) is 12.8. The van der Waals surface area contributed by atoms with Crippen LogP contribution in [0.2, 0.25) is 0 Å². The van der Waals surface area contributed by atoms with E-state index in [0.29, 0.717) is 13.0 Å². The Hall–Kier alpha value is -1.88. The average Bonchev–Trinajstić information content (AvgIpc) is 2.77. The van der Waals surface area contributed by atoms with Crippen LogP contribution < -0.4 is 5.32 Å². The van der Waals surface area contributed by atoms with E-state index < -0.39 is 0 Å². The summed E-state index contributed by atoms with van der Waals surface area (Å²) < 4.78 is 0. The van der Waals surface area contributed by atoms with Crippen molar-refractivity contribution in [2.75, 3.05) is 32.7 Å². The Morgan fingerprint density at radius 3 is 2.22 bits per heavy atom. The molecule has 5 fully saturated rings. The molecule has 5 nitrogen and oxygen atoms in total. The molecule has 32 heavy (non-hydrogen) atoms. The maximum Gasteiger partial charge on any atom is 0.226 e. The number of nitrogens with one attached hydrogen (secondary N) is 1. The van der Waals surface area contributed by atoms with Gasteiger partial charge in [0, 0.05) is 51.1 Å². The molecule has 0 radical (unpaired) electrons. The lowest BCUT2D eigenvalue weighted by Gasteiger charge is -2.55. The minimum absolute atomic E-state index is 0.0772. The fraction of sp³-hybridized carbons (Fsp3) is 0.704. The number of amides is 2. The zero-order valence-electron chi connectivity index (χ0n) is 19.7. The van der Waals surface area contributed by atoms with Gasteiger partial charge in [-0.2, -0.15) is 0 Å². The van der Waals surface area contributed by atoms with Gasteiger partial charge in [0.15, 0.2) is 0 Å². The van der Waals surface area contributed by atoms with Crippen molar-refractivity contribution in [3.8, 4) is 0 Å². The zero-order chi connectivity index (χ0) is 22.1. The lowest BCUT2D eigenvalue weighted by atomic mass is 9.49. The summed E-state index contributed by atoms with van der Waals surface area (Å²) in [6.07, 6.45) is 8.70. The van der Waals surface area contributed by atoms with Gasteiger partial charge in [-0.15, -0.1) is 0 Å². The third kappa shape index (κ3) is 4.59. The van der Waals surface area contributed by atoms with Crippen LogP contribution in [0.3, 0.4) is 0 Å². The molecule has 5 heteroatoms. The van der Waals surface area contributed by atoms with Crippen molar-refractivity contribution in [2.45, 2.75) is 64.8 Å². The Kier molecular flexibility index (Phi) is 6.28. The summed E-state index contributed by atoms with van der Waals surface area (Å²) in [6, 6.07) is 8.55. The molecule has 2 amide bonds. The molecule has 1 aromatic rings. The van der Waals surface area contributed by atoms with Crippen LogP contribution in [0, 0.1) is 30.1 Å². The third-order valence-corrected chi connectivity index (χ3v) is 8.75. The first kappa shape index (κ1) is 21.9. The van der Waals surface area contributed by atoms with E-state index in [-0.39, 0.29) is 17.2 Å². The minimum Gasteiger partial charge on any atom is -0.356 e. The second-order valence-corrected chi connectivity index (χ2v) is 11.1. The minimum atomic E-state index is -0.0772. The van der Waals surface area contributed by atoms with Gasteiger partial charge in [0.1, 0.15) is 0 Å². The third-order valence-electron chi connectivity index (χ3n) is 8.75. The molecule has 0 unspecified atom stereocenters. The Balaban J connectivity index is 1.01. The van der Waals surface area contributed by atoms with Crippen LogP contribution in [0.25, 0.3) is 0 Å². The highest BCUT2D eigenvalue weighted by molar-refractivity contribution is 5.83. The van der Waals surface area contributed by atoms with E-state index in [1.54, 1.807) is 0 Å². The van der Waals surface area contributed by atoms with Crippen molar-refractivity contribution in [1.29, 1.82) is 0 Å². The van der Waals surface area contributed by atoms with Gasteiger partial charge in [-0.1, -0.05) is 24.3 Å². The molecule has 1 aromatic carbocycles. The van der Waals surface area contributed by atoms with E-state index in [1.165, 1.54) is 30.4 Å². The zero-order valence-corrected chi connectivity index (χ0v) is 19.7. The van der Waals surface area contributed by atoms with Gasteiger partial charge in [0.25, 0.3) is 0 Å². The molecule has 0 atom stereocenters. The molecule has 4 bridgehead atoms. The summed E-state index contributed by atoms with van der Waals surface area (Å²) in [6.45, 7) is 7.25. The van der Waals surface area contributed by atoms with Crippen LogP contribution in [0.4, 0.5) is 0 Å². The molecule has 6 rings (SSSR count). The van der Waals surface area contributed by atoms with Gasteiger partial charge in [0.05, 0.1) is 0 Å². The first-order chi connectivity index (χ1) is 15.5. The predicted molar refractivity (Wildman–Crippen MR) is 126 cm³/mol. The SMILES string of the molecule is Cc1ccccc1CN1CCN(C(=O)CCCNC(=O)C23CC4CC(CC(C4)C2)C3)CC1. The number of hydrogen-bond donors (Lipinski definition) is 1. The summed E-state index contributed by atoms with van der Waals surface area (Å²) in [5.74, 6) is 2.90. The number of carbonyl (C=O) groups excluding carboxylic acids is 2. The molecule has 174 valence electrons. The number of nitrogens with zero attached hydrogens (tertiary/aromatic N) is 2. The van der Waals surface area contributed by atoms with Crippen molar-refractivity contribution >= 4 is 11.8 Å². The van der Waals surface area contributed by atoms with Gasteiger partial charge in [-0.25, -0.2) is 0 Å². The van der Waals surface area contributed by atoms with Crippen molar-refractivity contribution < 1.29 is 9.59 Å². The van der Waals surface area contributed by atoms with E-state index in [0.717, 1.165) is 76.2 Å². The predicted octanol–water partition coefficient (Wildman–Crippen LogP) is 3.75. The number of benzene rings is 1. The molecule has 0 aromatic heterocycles. The smallest absolute Gasteiger partial charge is 0.226 e. The van der Waals surface area contributed by atoms with Crippen molar-refractivity contribution in [3.63, 3.8) is 0 Å². The second kappa shape index (κ2) is 9.17. The molecule has 1 N–H and O–H groups in total. The lowest BCUT2D eigenvalue weighted by molar-refractivity contribution is -0.146. The maximum absolute atomic E-state index is 13.0. The van der Waals surface area contributed by atoms with Crippen LogP contribution in [0.5, 0.6) is 0 Å². The van der Waals surface area contributed by atoms with Crippen molar-refractivity contribution in [1.82, 2.24) is 15.1 Å². The highest BCUT2D eigenvalue weighted by Crippen LogP contribution is 2.60. The topological polar surface area (TPSA) is 52.6 Å². The van der Waals surface area contributed by atoms with Gasteiger partial charge in [-0.05, 0) is 80.8 Å². The number of carbonyl (C=O) groups is 2. The Bertz CT molecular complexity index is 808. The van der Waals surface area contributed by atoms with E-state index in [4.69, 9.17) is 0 Å². The summed E-state index contributed by atoms with van der Waals surface area (Å²) in [4.78, 5) is 30.2. The molecule has 5 aliphatic rings. The molecular formula is C27H39N3O2. The van der Waals surface area contributed by atoms with Crippen LogP contribution in [-0.4, -0.2) is 54.3 Å². The highest BCUT2D eigenvalue weighted by Gasteiger charge is 2.54. The summed E-state index contributed by atoms with van der Waals surface area (Å²) in [7, 11) is 0. The monoisotopic (exact) mass is 437 g/mol. The van der Waals surface area contributed by atoms with E-state index in [1.807, 2.05) is 4.90 Å². The quantitative estimate of drug-likeness (QED) is 0.661. The van der Waals surface area contributed by atoms with Gasteiger partial charge in [0.2, 0.25) is 11.8 Å². The number of rotatable bonds is 7. The highest BCUT2D eigenvalue weighted by atomic mass is 16.2. The van der Waals surface area contributed by atoms with Crippen molar-refractivity contribution in [2.24, 2.45) is 23.2 Å². The van der Waals surface area contributed by atoms with Crippen molar-refractivity contribution in [3.05, 3.63) is 35.4 Å². The van der Waals surface area contributed by atoms with Crippen LogP contribution >= 0.6 is 0 Å². The van der Waals surface area contributed by atoms with E-state index in [9.17, 15) is 9.59 Å². The second-order valence-electron chi connectivity index (χ2n) is 11.1. The Labute approximate surface area is 192 Å². The molecule has 1 saturated heterocycles. The van der Waals surface area contributed by atoms with Gasteiger partial charge in [-0.3, -0.25) is 14.5 Å². The molecule has 4 aliphatic carbocycles. The summed E-state index contributed by atoms with van der Waals surface area (Å²) in [5.41, 5.74) is 2.63. The normalized spacial score (nSPS) is 31.7. The molecular weight excluding hydrogens is 398 g/mol. The fourth-order valence-electron chi connectivity index (χ4n) is 7.36. The number of piperazine rings is 1. The standard InChI is InChI=1S/C27H39N3O2/c1-20-5-2-3-6-24(20)19-29-9-11-30(12-10-29)25(31)7-4-8-28-26(32)27-16-21-13-22(17-27)15-23(14-21)18-27/h2-3,5-6,21-23H,4,7-19H2,1H3,(H,28,32). The van der Waals surface area contributed by atoms with Gasteiger partial charge < -0.3 is 10.2 Å². The number of aryl methyl sites for hydroxylation is 1. The molecule has 1 aliphatic heterocycles. The maximum atomic E-state index is 13.0. The van der Waals surface area contributed by atoms with Crippen LogP contribution in [0.1, 0.15) is 62.5 Å². The summed E-state index contributed by atoms with van der Waals surface area (Å²) in [5, 5.41) is 3.22. The van der Waals surface area contributed by atoms with Crippen LogP contribution in [0.15, 0.2) is 24.3 Å². The van der Waals surface area contributed by atoms with Gasteiger partial charge >= 0.3 is 0 Å². The summed E-state index contributed by atoms with van der Waals surface area (Å²) >= 11 is 0. The van der Waals surface area contributed by atoms with E-state index >= 15 is 0 Å². The lowest BCUT2D eigenvalue weighted by Crippen LogP contribution is -2.53. The number of hydrogen-bond acceptors (Lipinski definition) is 3.